The number of benzene rings is 4. The van der Waals surface area contributed by atoms with Gasteiger partial charge in [0, 0.05) is 5.56 Å². The third kappa shape index (κ3) is 3.08. The molecule has 0 aliphatic heterocycles. The molecule has 0 aliphatic rings. The molecule has 0 aromatic heterocycles. The lowest BCUT2D eigenvalue weighted by atomic mass is 10.1. The summed E-state index contributed by atoms with van der Waals surface area (Å²) in [5.41, 5.74) is 4.80. The molecule has 0 fully saturated rings. The van der Waals surface area contributed by atoms with Crippen molar-refractivity contribution in [1.29, 1.82) is 0 Å². The van der Waals surface area contributed by atoms with E-state index in [4.69, 9.17) is 0 Å². The van der Waals surface area contributed by atoms with E-state index in [9.17, 15) is 0 Å². The highest BCUT2D eigenvalue weighted by atomic mass is 28.3. The van der Waals surface area contributed by atoms with Crippen molar-refractivity contribution in [2.45, 2.75) is 6.55 Å². The van der Waals surface area contributed by atoms with Crippen molar-refractivity contribution in [3.8, 4) is 11.5 Å². The van der Waals surface area contributed by atoms with E-state index in [0.29, 0.717) is 0 Å². The minimum absolute atomic E-state index is 1.07. The molecular formula is C25H20Si. The fourth-order valence-electron chi connectivity index (χ4n) is 3.45. The highest BCUT2D eigenvalue weighted by Gasteiger charge is 2.31. The highest BCUT2D eigenvalue weighted by Crippen LogP contribution is 2.16. The molecule has 124 valence electrons. The molecule has 0 amide bonds. The molecule has 0 radical (unpaired) electrons. The lowest BCUT2D eigenvalue weighted by Crippen LogP contribution is -2.55. The van der Waals surface area contributed by atoms with E-state index >= 15 is 0 Å². The van der Waals surface area contributed by atoms with Gasteiger partial charge in [0.05, 0.1) is 0 Å². The van der Waals surface area contributed by atoms with Crippen LogP contribution in [0, 0.1) is 11.5 Å². The summed E-state index contributed by atoms with van der Waals surface area (Å²) >= 11 is 0. The van der Waals surface area contributed by atoms with Crippen LogP contribution in [0.1, 0.15) is 5.56 Å². The van der Waals surface area contributed by atoms with Crippen molar-refractivity contribution in [2.75, 3.05) is 0 Å². The second-order valence-electron chi connectivity index (χ2n) is 6.63. The molecule has 0 bridgehead atoms. The Kier molecular flexibility index (Phi) is 4.44. The fraction of sp³-hybridized carbons (Fsp3) is 0.0400. The molecule has 0 N–H and O–H groups in total. The van der Waals surface area contributed by atoms with Gasteiger partial charge in [0.25, 0.3) is 0 Å². The van der Waals surface area contributed by atoms with Gasteiger partial charge in [0.15, 0.2) is 8.07 Å². The Balaban J connectivity index is 1.96. The van der Waals surface area contributed by atoms with Gasteiger partial charge in [-0.2, -0.15) is 0 Å². The van der Waals surface area contributed by atoms with Crippen molar-refractivity contribution in [3.63, 3.8) is 0 Å². The van der Waals surface area contributed by atoms with Crippen LogP contribution in [0.4, 0.5) is 0 Å². The van der Waals surface area contributed by atoms with Crippen LogP contribution in [-0.2, 0) is 0 Å². The molecule has 0 saturated carbocycles. The normalized spacial score (nSPS) is 12.8. The summed E-state index contributed by atoms with van der Waals surface area (Å²) in [4.78, 5) is 0. The highest BCUT2D eigenvalue weighted by molar-refractivity contribution is 7.08. The topological polar surface area (TPSA) is 0 Å². The van der Waals surface area contributed by atoms with Crippen LogP contribution in [0.5, 0.6) is 0 Å². The third-order valence-electron chi connectivity index (χ3n) is 4.91. The summed E-state index contributed by atoms with van der Waals surface area (Å²) in [5, 5.41) is 5.32. The van der Waals surface area contributed by atoms with Crippen LogP contribution in [-0.4, -0.2) is 8.07 Å². The SMILES string of the molecule is C[Si@@](C#Cc1ccccc1)(c1ccccc1)c1cccc2ccccc12. The fourth-order valence-corrected chi connectivity index (χ4v) is 6.49. The smallest absolute Gasteiger partial charge is 0.115 e. The van der Waals surface area contributed by atoms with E-state index in [-0.39, 0.29) is 0 Å². The van der Waals surface area contributed by atoms with E-state index in [1.807, 2.05) is 18.2 Å². The molecule has 0 spiro atoms. The Hall–Kier alpha value is -3.08. The van der Waals surface area contributed by atoms with Crippen molar-refractivity contribution in [2.24, 2.45) is 0 Å². The number of fused-ring (bicyclic) bond motifs is 1. The first kappa shape index (κ1) is 16.4. The zero-order chi connectivity index (χ0) is 17.8. The predicted octanol–water partition coefficient (Wildman–Crippen LogP) is 4.62. The summed E-state index contributed by atoms with van der Waals surface area (Å²) in [6.45, 7) is 2.36. The molecule has 1 heteroatoms. The average Bonchev–Trinajstić information content (AvgIpc) is 2.73. The Morgan fingerprint density at radius 1 is 0.615 bits per heavy atom. The molecule has 4 aromatic rings. The second kappa shape index (κ2) is 7.04. The maximum atomic E-state index is 3.73. The van der Waals surface area contributed by atoms with Crippen molar-refractivity contribution >= 4 is 29.2 Å². The van der Waals surface area contributed by atoms with Gasteiger partial charge in [0.2, 0.25) is 0 Å². The molecule has 1 atom stereocenters. The molecule has 4 rings (SSSR count). The van der Waals surface area contributed by atoms with Gasteiger partial charge in [-0.25, -0.2) is 0 Å². The Morgan fingerprint density at radius 3 is 2.00 bits per heavy atom. The van der Waals surface area contributed by atoms with Crippen LogP contribution < -0.4 is 10.4 Å². The first-order chi connectivity index (χ1) is 12.8. The van der Waals surface area contributed by atoms with Gasteiger partial charge in [-0.05, 0) is 33.3 Å². The third-order valence-corrected chi connectivity index (χ3v) is 8.54. The standard InChI is InChI=1S/C25H20Si/c1-26(23-15-6-3-7-16-23,20-19-21-11-4-2-5-12-21)25-18-10-14-22-13-8-9-17-24(22)25/h2-18H,1H3/t26-/m1/s1. The molecular weight excluding hydrogens is 328 g/mol. The van der Waals surface area contributed by atoms with E-state index < -0.39 is 8.07 Å². The van der Waals surface area contributed by atoms with Crippen LogP contribution in [0.2, 0.25) is 6.55 Å². The van der Waals surface area contributed by atoms with Gasteiger partial charge in [-0.1, -0.05) is 103 Å². The van der Waals surface area contributed by atoms with E-state index in [0.717, 1.165) is 5.56 Å². The predicted molar refractivity (Wildman–Crippen MR) is 115 cm³/mol. The lowest BCUT2D eigenvalue weighted by Gasteiger charge is -2.24. The van der Waals surface area contributed by atoms with Crippen molar-refractivity contribution in [3.05, 3.63) is 109 Å². The van der Waals surface area contributed by atoms with Gasteiger partial charge < -0.3 is 0 Å². The Bertz CT molecular complexity index is 1080. The van der Waals surface area contributed by atoms with Crippen LogP contribution >= 0.6 is 0 Å². The van der Waals surface area contributed by atoms with E-state index in [1.54, 1.807) is 0 Å². The molecule has 0 aliphatic carbocycles. The van der Waals surface area contributed by atoms with E-state index in [1.165, 1.54) is 21.1 Å². The molecule has 26 heavy (non-hydrogen) atoms. The van der Waals surface area contributed by atoms with E-state index in [2.05, 4.69) is 103 Å². The largest absolute Gasteiger partial charge is 0.197 e. The van der Waals surface area contributed by atoms with Crippen LogP contribution in [0.3, 0.4) is 0 Å². The van der Waals surface area contributed by atoms with Gasteiger partial charge in [0.1, 0.15) is 0 Å². The summed E-state index contributed by atoms with van der Waals surface area (Å²) in [5.74, 6) is 3.46. The quantitative estimate of drug-likeness (QED) is 0.366. The Morgan fingerprint density at radius 2 is 1.23 bits per heavy atom. The summed E-state index contributed by atoms with van der Waals surface area (Å²) < 4.78 is 0. The maximum absolute atomic E-state index is 3.73. The first-order valence-corrected chi connectivity index (χ1v) is 11.4. The molecule has 0 saturated heterocycles. The lowest BCUT2D eigenvalue weighted by molar-refractivity contribution is 1.65. The van der Waals surface area contributed by atoms with Crippen molar-refractivity contribution in [1.82, 2.24) is 0 Å². The number of hydrogen-bond acceptors (Lipinski definition) is 0. The minimum Gasteiger partial charge on any atom is -0.115 e. The molecule has 0 unspecified atom stereocenters. The minimum atomic E-state index is -2.21. The zero-order valence-corrected chi connectivity index (χ0v) is 15.8. The van der Waals surface area contributed by atoms with Crippen molar-refractivity contribution < 1.29 is 0 Å². The number of rotatable bonds is 2. The van der Waals surface area contributed by atoms with Gasteiger partial charge in [-0.3, -0.25) is 0 Å². The average molecular weight is 349 g/mol. The van der Waals surface area contributed by atoms with Gasteiger partial charge >= 0.3 is 0 Å². The Labute approximate surface area is 156 Å². The second-order valence-corrected chi connectivity index (χ2v) is 10.2. The monoisotopic (exact) mass is 348 g/mol. The molecule has 4 aromatic carbocycles. The summed E-state index contributed by atoms with van der Waals surface area (Å²) in [7, 11) is -2.21. The molecule has 0 heterocycles. The zero-order valence-electron chi connectivity index (χ0n) is 14.8. The first-order valence-electron chi connectivity index (χ1n) is 8.89. The summed E-state index contributed by atoms with van der Waals surface area (Å²) in [6.07, 6.45) is 0. The molecule has 0 nitrogen and oxygen atoms in total. The van der Waals surface area contributed by atoms with Crippen LogP contribution in [0.15, 0.2) is 103 Å². The number of hydrogen-bond donors (Lipinski definition) is 0. The van der Waals surface area contributed by atoms with Crippen LogP contribution in [0.25, 0.3) is 10.8 Å². The van der Waals surface area contributed by atoms with Gasteiger partial charge in [-0.15, -0.1) is 5.54 Å². The maximum Gasteiger partial charge on any atom is 0.197 e. The summed E-state index contributed by atoms with van der Waals surface area (Å²) in [6, 6.07) is 36.3.